The zero-order valence-corrected chi connectivity index (χ0v) is 7.70. The number of phenols is 4. The first-order valence-corrected chi connectivity index (χ1v) is 4.18. The second-order valence-electron chi connectivity index (χ2n) is 3.21. The third kappa shape index (κ3) is 1.19. The molecule has 2 rings (SSSR count). The summed E-state index contributed by atoms with van der Waals surface area (Å²) < 4.78 is 26.8. The van der Waals surface area contributed by atoms with Crippen molar-refractivity contribution < 1.29 is 29.2 Å². The molecule has 0 heterocycles. The molecule has 6 heteroatoms. The fourth-order valence-electron chi connectivity index (χ4n) is 1.40. The molecule has 0 aliphatic carbocycles. The standard InChI is InChI=1S/C10H6F2O4/c11-7-3-1-5(13)6(14)2-4(3)8(12)10(16)9(7)15/h1-2,13-16H. The number of aromatic hydroxyl groups is 4. The van der Waals surface area contributed by atoms with E-state index in [0.717, 1.165) is 12.1 Å². The van der Waals surface area contributed by atoms with E-state index in [-0.39, 0.29) is 0 Å². The Morgan fingerprint density at radius 3 is 1.31 bits per heavy atom. The fraction of sp³-hybridized carbons (Fsp3) is 0. The third-order valence-corrected chi connectivity index (χ3v) is 2.23. The average Bonchev–Trinajstić information content (AvgIpc) is 2.26. The molecule has 0 unspecified atom stereocenters. The van der Waals surface area contributed by atoms with Gasteiger partial charge in [-0.15, -0.1) is 0 Å². The maximum Gasteiger partial charge on any atom is 0.197 e. The average molecular weight is 228 g/mol. The molecular weight excluding hydrogens is 222 g/mol. The van der Waals surface area contributed by atoms with Crippen molar-refractivity contribution in [2.75, 3.05) is 0 Å². The van der Waals surface area contributed by atoms with Crippen molar-refractivity contribution >= 4 is 10.8 Å². The number of hydrogen-bond acceptors (Lipinski definition) is 4. The van der Waals surface area contributed by atoms with Gasteiger partial charge in [0.2, 0.25) is 0 Å². The van der Waals surface area contributed by atoms with E-state index >= 15 is 0 Å². The van der Waals surface area contributed by atoms with Crippen LogP contribution in [-0.2, 0) is 0 Å². The summed E-state index contributed by atoms with van der Waals surface area (Å²) in [6.45, 7) is 0. The van der Waals surface area contributed by atoms with Gasteiger partial charge in [0.15, 0.2) is 34.6 Å². The minimum Gasteiger partial charge on any atom is -0.504 e. The Morgan fingerprint density at radius 2 is 1.00 bits per heavy atom. The van der Waals surface area contributed by atoms with Crippen LogP contribution in [0.2, 0.25) is 0 Å². The van der Waals surface area contributed by atoms with Crippen molar-refractivity contribution in [3.8, 4) is 23.0 Å². The predicted octanol–water partition coefficient (Wildman–Crippen LogP) is 1.94. The fourth-order valence-corrected chi connectivity index (χ4v) is 1.40. The van der Waals surface area contributed by atoms with E-state index in [0.29, 0.717) is 0 Å². The summed E-state index contributed by atoms with van der Waals surface area (Å²) in [5, 5.41) is 35.4. The van der Waals surface area contributed by atoms with Crippen molar-refractivity contribution in [1.29, 1.82) is 0 Å². The summed E-state index contributed by atoms with van der Waals surface area (Å²) >= 11 is 0. The number of hydrogen-bond donors (Lipinski definition) is 4. The maximum absolute atomic E-state index is 13.4. The van der Waals surface area contributed by atoms with E-state index in [1.165, 1.54) is 0 Å². The molecule has 84 valence electrons. The van der Waals surface area contributed by atoms with Gasteiger partial charge in [0.05, 0.1) is 0 Å². The van der Waals surface area contributed by atoms with Gasteiger partial charge >= 0.3 is 0 Å². The molecule has 0 amide bonds. The maximum atomic E-state index is 13.4. The molecule has 0 spiro atoms. The lowest BCUT2D eigenvalue weighted by Gasteiger charge is -2.07. The number of rotatable bonds is 0. The Balaban J connectivity index is 3.02. The van der Waals surface area contributed by atoms with Crippen molar-refractivity contribution in [1.82, 2.24) is 0 Å². The van der Waals surface area contributed by atoms with Gasteiger partial charge in [0.1, 0.15) is 0 Å². The molecule has 0 aliphatic heterocycles. The van der Waals surface area contributed by atoms with Gasteiger partial charge in [0, 0.05) is 10.8 Å². The number of benzene rings is 2. The van der Waals surface area contributed by atoms with Crippen molar-refractivity contribution in [2.24, 2.45) is 0 Å². The second kappa shape index (κ2) is 3.13. The second-order valence-corrected chi connectivity index (χ2v) is 3.21. The van der Waals surface area contributed by atoms with Crippen LogP contribution >= 0.6 is 0 Å². The van der Waals surface area contributed by atoms with Crippen LogP contribution in [0, 0.1) is 11.6 Å². The summed E-state index contributed by atoms with van der Waals surface area (Å²) in [5.41, 5.74) is 0. The molecular formula is C10H6F2O4. The molecule has 2 aromatic rings. The van der Waals surface area contributed by atoms with Gasteiger partial charge in [-0.25, -0.2) is 8.78 Å². The molecule has 0 bridgehead atoms. The smallest absolute Gasteiger partial charge is 0.197 e. The number of phenolic OH excluding ortho intramolecular Hbond substituents is 4. The molecule has 0 radical (unpaired) electrons. The first kappa shape index (κ1) is 10.3. The minimum absolute atomic E-state index is 0.442. The Hall–Kier alpha value is -2.24. The lowest BCUT2D eigenvalue weighted by molar-refractivity contribution is 0.362. The van der Waals surface area contributed by atoms with Crippen LogP contribution in [0.3, 0.4) is 0 Å². The number of fused-ring (bicyclic) bond motifs is 1. The molecule has 4 nitrogen and oxygen atoms in total. The van der Waals surface area contributed by atoms with Gasteiger partial charge in [-0.3, -0.25) is 0 Å². The first-order valence-electron chi connectivity index (χ1n) is 4.18. The molecule has 16 heavy (non-hydrogen) atoms. The van der Waals surface area contributed by atoms with E-state index in [1.54, 1.807) is 0 Å². The van der Waals surface area contributed by atoms with Crippen LogP contribution in [0.15, 0.2) is 12.1 Å². The van der Waals surface area contributed by atoms with Crippen LogP contribution < -0.4 is 0 Å². The van der Waals surface area contributed by atoms with Crippen molar-refractivity contribution in [3.05, 3.63) is 23.8 Å². The monoisotopic (exact) mass is 228 g/mol. The molecule has 0 saturated carbocycles. The highest BCUT2D eigenvalue weighted by molar-refractivity contribution is 5.90. The summed E-state index contributed by atoms with van der Waals surface area (Å²) in [4.78, 5) is 0. The quantitative estimate of drug-likeness (QED) is 0.519. The zero-order valence-electron chi connectivity index (χ0n) is 7.70. The number of halogens is 2. The highest BCUT2D eigenvalue weighted by atomic mass is 19.1. The lowest BCUT2D eigenvalue weighted by atomic mass is 10.1. The molecule has 0 aliphatic rings. The Bertz CT molecular complexity index is 543. The highest BCUT2D eigenvalue weighted by Gasteiger charge is 2.20. The van der Waals surface area contributed by atoms with Crippen LogP contribution in [-0.4, -0.2) is 20.4 Å². The van der Waals surface area contributed by atoms with Crippen LogP contribution in [0.5, 0.6) is 23.0 Å². The largest absolute Gasteiger partial charge is 0.504 e. The molecule has 0 saturated heterocycles. The summed E-state index contributed by atoms with van der Waals surface area (Å²) in [6.07, 6.45) is 0. The normalized spacial score (nSPS) is 10.9. The molecule has 2 aromatic carbocycles. The van der Waals surface area contributed by atoms with E-state index in [2.05, 4.69) is 0 Å². The Morgan fingerprint density at radius 1 is 0.688 bits per heavy atom. The van der Waals surface area contributed by atoms with E-state index in [1.807, 2.05) is 0 Å². The predicted molar refractivity (Wildman–Crippen MR) is 50.5 cm³/mol. The minimum atomic E-state index is -1.27. The van der Waals surface area contributed by atoms with Gasteiger partial charge < -0.3 is 20.4 Å². The van der Waals surface area contributed by atoms with E-state index in [4.69, 9.17) is 20.4 Å². The SMILES string of the molecule is Oc1cc2c(F)c(O)c(O)c(F)c2cc1O. The Kier molecular flexibility index (Phi) is 2.01. The summed E-state index contributed by atoms with van der Waals surface area (Å²) in [7, 11) is 0. The van der Waals surface area contributed by atoms with Crippen LogP contribution in [0.1, 0.15) is 0 Å². The molecule has 0 aromatic heterocycles. The van der Waals surface area contributed by atoms with Crippen molar-refractivity contribution in [3.63, 3.8) is 0 Å². The van der Waals surface area contributed by atoms with Crippen molar-refractivity contribution in [2.45, 2.75) is 0 Å². The molecule has 4 N–H and O–H groups in total. The molecule has 0 fully saturated rings. The summed E-state index contributed by atoms with van der Waals surface area (Å²) in [5.74, 6) is -6.34. The van der Waals surface area contributed by atoms with E-state index in [9.17, 15) is 8.78 Å². The van der Waals surface area contributed by atoms with Gasteiger partial charge in [-0.05, 0) is 12.1 Å². The lowest BCUT2D eigenvalue weighted by Crippen LogP contribution is -1.88. The topological polar surface area (TPSA) is 80.9 Å². The van der Waals surface area contributed by atoms with Gasteiger partial charge in [-0.2, -0.15) is 0 Å². The molecule has 0 atom stereocenters. The highest BCUT2D eigenvalue weighted by Crippen LogP contribution is 2.41. The summed E-state index contributed by atoms with van der Waals surface area (Å²) in [6, 6.07) is 1.50. The zero-order chi connectivity index (χ0) is 12.0. The van der Waals surface area contributed by atoms with Gasteiger partial charge in [0.25, 0.3) is 0 Å². The van der Waals surface area contributed by atoms with E-state index < -0.39 is 45.4 Å². The third-order valence-electron chi connectivity index (χ3n) is 2.23. The first-order chi connectivity index (χ1) is 7.43. The Labute approximate surface area is 87.6 Å². The van der Waals surface area contributed by atoms with Gasteiger partial charge in [-0.1, -0.05) is 0 Å². The van der Waals surface area contributed by atoms with Crippen LogP contribution in [0.25, 0.3) is 10.8 Å². The van der Waals surface area contributed by atoms with Crippen LogP contribution in [0.4, 0.5) is 8.78 Å².